The van der Waals surface area contributed by atoms with E-state index in [9.17, 15) is 0 Å². The first-order valence-corrected chi connectivity index (χ1v) is 6.00. The predicted molar refractivity (Wildman–Crippen MR) is 71.0 cm³/mol. The van der Waals surface area contributed by atoms with Gasteiger partial charge in [-0.1, -0.05) is 35.9 Å². The standard InChI is InChI=1S/C14H15ClN2/c1-11-5-4-8-17-14(11)10-16-9-12-6-2-3-7-13(12)15/h2-8,16H,9-10H2,1H3. The molecule has 0 amide bonds. The molecule has 0 bridgehead atoms. The number of nitrogens with one attached hydrogen (secondary N) is 1. The van der Waals surface area contributed by atoms with Crippen LogP contribution in [0.25, 0.3) is 0 Å². The monoisotopic (exact) mass is 246 g/mol. The first-order chi connectivity index (χ1) is 8.27. The average Bonchev–Trinajstić information content (AvgIpc) is 2.34. The summed E-state index contributed by atoms with van der Waals surface area (Å²) < 4.78 is 0. The van der Waals surface area contributed by atoms with E-state index in [2.05, 4.69) is 23.3 Å². The lowest BCUT2D eigenvalue weighted by Crippen LogP contribution is -2.14. The Morgan fingerprint density at radius 1 is 1.12 bits per heavy atom. The highest BCUT2D eigenvalue weighted by Crippen LogP contribution is 2.14. The van der Waals surface area contributed by atoms with Gasteiger partial charge in [0.15, 0.2) is 0 Å². The zero-order chi connectivity index (χ0) is 12.1. The van der Waals surface area contributed by atoms with Crippen molar-refractivity contribution in [1.82, 2.24) is 10.3 Å². The van der Waals surface area contributed by atoms with Gasteiger partial charge in [-0.15, -0.1) is 0 Å². The van der Waals surface area contributed by atoms with Gasteiger partial charge in [-0.2, -0.15) is 0 Å². The highest BCUT2D eigenvalue weighted by atomic mass is 35.5. The topological polar surface area (TPSA) is 24.9 Å². The summed E-state index contributed by atoms with van der Waals surface area (Å²) in [6, 6.07) is 11.9. The Hall–Kier alpha value is -1.38. The molecule has 1 N–H and O–H groups in total. The van der Waals surface area contributed by atoms with Gasteiger partial charge in [0.05, 0.1) is 5.69 Å². The minimum atomic E-state index is 0.760. The van der Waals surface area contributed by atoms with E-state index in [1.54, 1.807) is 0 Å². The van der Waals surface area contributed by atoms with E-state index in [-0.39, 0.29) is 0 Å². The molecule has 0 unspecified atom stereocenters. The van der Waals surface area contributed by atoms with Gasteiger partial charge in [-0.3, -0.25) is 4.98 Å². The highest BCUT2D eigenvalue weighted by molar-refractivity contribution is 6.31. The van der Waals surface area contributed by atoms with Gasteiger partial charge < -0.3 is 5.32 Å². The van der Waals surface area contributed by atoms with Crippen LogP contribution in [-0.2, 0) is 13.1 Å². The lowest BCUT2D eigenvalue weighted by atomic mass is 10.2. The minimum absolute atomic E-state index is 0.760. The van der Waals surface area contributed by atoms with E-state index >= 15 is 0 Å². The highest BCUT2D eigenvalue weighted by Gasteiger charge is 2.00. The number of aryl methyl sites for hydroxylation is 1. The summed E-state index contributed by atoms with van der Waals surface area (Å²) in [6.07, 6.45) is 1.82. The van der Waals surface area contributed by atoms with E-state index in [1.807, 2.05) is 36.5 Å². The van der Waals surface area contributed by atoms with Crippen LogP contribution in [0, 0.1) is 6.92 Å². The molecule has 88 valence electrons. The number of aromatic nitrogens is 1. The van der Waals surface area contributed by atoms with Crippen molar-refractivity contribution in [2.75, 3.05) is 0 Å². The lowest BCUT2D eigenvalue weighted by molar-refractivity contribution is 0.676. The summed E-state index contributed by atoms with van der Waals surface area (Å²) >= 11 is 6.08. The summed E-state index contributed by atoms with van der Waals surface area (Å²) in [5, 5.41) is 4.16. The molecular weight excluding hydrogens is 232 g/mol. The van der Waals surface area contributed by atoms with Gasteiger partial charge in [0, 0.05) is 24.3 Å². The average molecular weight is 247 g/mol. The van der Waals surface area contributed by atoms with Crippen molar-refractivity contribution in [3.8, 4) is 0 Å². The third kappa shape index (κ3) is 3.29. The normalized spacial score (nSPS) is 10.5. The van der Waals surface area contributed by atoms with Crippen molar-refractivity contribution < 1.29 is 0 Å². The van der Waals surface area contributed by atoms with Crippen molar-refractivity contribution in [3.63, 3.8) is 0 Å². The first kappa shape index (κ1) is 12.1. The second-order valence-corrected chi connectivity index (χ2v) is 4.37. The number of benzene rings is 1. The van der Waals surface area contributed by atoms with E-state index in [1.165, 1.54) is 5.56 Å². The fraction of sp³-hybridized carbons (Fsp3) is 0.214. The molecule has 0 aliphatic rings. The van der Waals surface area contributed by atoms with Crippen LogP contribution in [0.3, 0.4) is 0 Å². The summed E-state index contributed by atoms with van der Waals surface area (Å²) in [5.74, 6) is 0. The van der Waals surface area contributed by atoms with Crippen molar-refractivity contribution >= 4 is 11.6 Å². The SMILES string of the molecule is Cc1cccnc1CNCc1ccccc1Cl. The van der Waals surface area contributed by atoms with Crippen LogP contribution in [0.2, 0.25) is 5.02 Å². The zero-order valence-electron chi connectivity index (χ0n) is 9.78. The lowest BCUT2D eigenvalue weighted by Gasteiger charge is -2.07. The van der Waals surface area contributed by atoms with Gasteiger partial charge >= 0.3 is 0 Å². The third-order valence-electron chi connectivity index (χ3n) is 2.68. The molecule has 1 aromatic heterocycles. The Balaban J connectivity index is 1.93. The van der Waals surface area contributed by atoms with Crippen molar-refractivity contribution in [3.05, 3.63) is 64.4 Å². The molecular formula is C14H15ClN2. The molecule has 1 aromatic carbocycles. The molecule has 17 heavy (non-hydrogen) atoms. The molecule has 0 saturated heterocycles. The van der Waals surface area contributed by atoms with Crippen LogP contribution in [0.4, 0.5) is 0 Å². The number of hydrogen-bond acceptors (Lipinski definition) is 2. The predicted octanol–water partition coefficient (Wildman–Crippen LogP) is 3.33. The Morgan fingerprint density at radius 2 is 1.94 bits per heavy atom. The molecule has 1 heterocycles. The second kappa shape index (κ2) is 5.80. The van der Waals surface area contributed by atoms with Gasteiger partial charge in [0.2, 0.25) is 0 Å². The van der Waals surface area contributed by atoms with E-state index in [0.29, 0.717) is 0 Å². The number of hydrogen-bond donors (Lipinski definition) is 1. The van der Waals surface area contributed by atoms with Crippen LogP contribution in [0.5, 0.6) is 0 Å². The van der Waals surface area contributed by atoms with Gasteiger partial charge in [0.25, 0.3) is 0 Å². The van der Waals surface area contributed by atoms with Crippen LogP contribution >= 0.6 is 11.6 Å². The Kier molecular flexibility index (Phi) is 4.13. The van der Waals surface area contributed by atoms with E-state index in [0.717, 1.165) is 29.4 Å². The van der Waals surface area contributed by atoms with Crippen molar-refractivity contribution in [2.24, 2.45) is 0 Å². The molecule has 0 aliphatic carbocycles. The van der Waals surface area contributed by atoms with Crippen LogP contribution < -0.4 is 5.32 Å². The maximum Gasteiger partial charge on any atom is 0.0570 e. The molecule has 2 nitrogen and oxygen atoms in total. The van der Waals surface area contributed by atoms with Crippen molar-refractivity contribution in [1.29, 1.82) is 0 Å². The third-order valence-corrected chi connectivity index (χ3v) is 3.05. The quantitative estimate of drug-likeness (QED) is 0.895. The summed E-state index contributed by atoms with van der Waals surface area (Å²) in [5.41, 5.74) is 3.40. The molecule has 2 aromatic rings. The van der Waals surface area contributed by atoms with Gasteiger partial charge in [-0.25, -0.2) is 0 Å². The Bertz CT molecular complexity index is 452. The first-order valence-electron chi connectivity index (χ1n) is 5.62. The Labute approximate surface area is 107 Å². The van der Waals surface area contributed by atoms with E-state index < -0.39 is 0 Å². The molecule has 0 radical (unpaired) electrons. The second-order valence-electron chi connectivity index (χ2n) is 3.96. The molecule has 0 fully saturated rings. The van der Waals surface area contributed by atoms with Crippen molar-refractivity contribution in [2.45, 2.75) is 20.0 Å². The maximum atomic E-state index is 6.08. The molecule has 0 spiro atoms. The fourth-order valence-electron chi connectivity index (χ4n) is 1.66. The maximum absolute atomic E-state index is 6.08. The minimum Gasteiger partial charge on any atom is -0.307 e. The summed E-state index contributed by atoms with van der Waals surface area (Å²) in [7, 11) is 0. The number of pyridine rings is 1. The van der Waals surface area contributed by atoms with Crippen LogP contribution in [0.15, 0.2) is 42.6 Å². The number of halogens is 1. The summed E-state index contributed by atoms with van der Waals surface area (Å²) in [6.45, 7) is 3.59. The molecule has 0 aliphatic heterocycles. The number of rotatable bonds is 4. The zero-order valence-corrected chi connectivity index (χ0v) is 10.5. The number of nitrogens with zero attached hydrogens (tertiary/aromatic N) is 1. The summed E-state index contributed by atoms with van der Waals surface area (Å²) in [4.78, 5) is 4.34. The largest absolute Gasteiger partial charge is 0.307 e. The molecule has 0 atom stereocenters. The fourth-order valence-corrected chi connectivity index (χ4v) is 1.86. The van der Waals surface area contributed by atoms with E-state index in [4.69, 9.17) is 11.6 Å². The van der Waals surface area contributed by atoms with Gasteiger partial charge in [-0.05, 0) is 30.2 Å². The Morgan fingerprint density at radius 3 is 2.71 bits per heavy atom. The van der Waals surface area contributed by atoms with Gasteiger partial charge in [0.1, 0.15) is 0 Å². The smallest absolute Gasteiger partial charge is 0.0570 e. The molecule has 0 saturated carbocycles. The van der Waals surface area contributed by atoms with Crippen LogP contribution in [0.1, 0.15) is 16.8 Å². The van der Waals surface area contributed by atoms with Crippen LogP contribution in [-0.4, -0.2) is 4.98 Å². The molecule has 2 rings (SSSR count). The molecule has 3 heteroatoms.